The van der Waals surface area contributed by atoms with Crippen molar-refractivity contribution in [1.29, 1.82) is 0 Å². The second-order valence-corrected chi connectivity index (χ2v) is 4.83. The monoisotopic (exact) mass is 300 g/mol. The molecule has 0 aromatic carbocycles. The summed E-state index contributed by atoms with van der Waals surface area (Å²) >= 11 is 5.96. The van der Waals surface area contributed by atoms with Gasteiger partial charge in [0.2, 0.25) is 0 Å². The maximum Gasteiger partial charge on any atom is 0.141 e. The van der Waals surface area contributed by atoms with Crippen LogP contribution in [0.25, 0.3) is 10.8 Å². The molecule has 0 fully saturated rings. The lowest BCUT2D eigenvalue weighted by atomic mass is 10.2. The standard InChI is InChI=1S/C15H13ClN4O/c16-14-9-12(2-6-18-14)20(7-8-21)15-13-3-4-17-10-11(13)1-5-19-15/h1-6,9-10,21H,7-8H2. The Labute approximate surface area is 126 Å². The van der Waals surface area contributed by atoms with Gasteiger partial charge in [-0.05, 0) is 24.3 Å². The molecule has 0 saturated heterocycles. The van der Waals surface area contributed by atoms with E-state index in [4.69, 9.17) is 11.6 Å². The first-order valence-corrected chi connectivity index (χ1v) is 6.86. The summed E-state index contributed by atoms with van der Waals surface area (Å²) in [6, 6.07) is 7.40. The van der Waals surface area contributed by atoms with E-state index in [0.29, 0.717) is 11.7 Å². The summed E-state index contributed by atoms with van der Waals surface area (Å²) in [6.45, 7) is 0.415. The zero-order valence-electron chi connectivity index (χ0n) is 11.1. The molecule has 3 aromatic rings. The van der Waals surface area contributed by atoms with Gasteiger partial charge in [-0.1, -0.05) is 11.6 Å². The van der Waals surface area contributed by atoms with E-state index in [1.807, 2.05) is 23.1 Å². The van der Waals surface area contributed by atoms with Gasteiger partial charge in [0, 0.05) is 47.8 Å². The molecular formula is C15H13ClN4O. The fraction of sp³-hybridized carbons (Fsp3) is 0.133. The highest BCUT2D eigenvalue weighted by Crippen LogP contribution is 2.30. The predicted octanol–water partition coefficient (Wildman–Crippen LogP) is 2.81. The number of rotatable bonds is 4. The molecular weight excluding hydrogens is 288 g/mol. The third kappa shape index (κ3) is 2.79. The quantitative estimate of drug-likeness (QED) is 0.751. The highest BCUT2D eigenvalue weighted by molar-refractivity contribution is 6.29. The maximum absolute atomic E-state index is 9.37. The number of nitrogens with zero attached hydrogens (tertiary/aromatic N) is 4. The van der Waals surface area contributed by atoms with Crippen LogP contribution in [0.1, 0.15) is 0 Å². The Morgan fingerprint density at radius 1 is 1.10 bits per heavy atom. The molecule has 3 aromatic heterocycles. The number of aliphatic hydroxyl groups excluding tert-OH is 1. The topological polar surface area (TPSA) is 62.1 Å². The second-order valence-electron chi connectivity index (χ2n) is 4.44. The van der Waals surface area contributed by atoms with Crippen LogP contribution in [0, 0.1) is 0 Å². The Morgan fingerprint density at radius 2 is 1.95 bits per heavy atom. The molecule has 0 atom stereocenters. The summed E-state index contributed by atoms with van der Waals surface area (Å²) in [5, 5.41) is 11.7. The van der Waals surface area contributed by atoms with E-state index in [2.05, 4.69) is 15.0 Å². The van der Waals surface area contributed by atoms with Crippen LogP contribution in [-0.2, 0) is 0 Å². The van der Waals surface area contributed by atoms with Crippen molar-refractivity contribution in [2.75, 3.05) is 18.1 Å². The number of pyridine rings is 3. The minimum absolute atomic E-state index is 0.00307. The van der Waals surface area contributed by atoms with Crippen LogP contribution in [0.5, 0.6) is 0 Å². The van der Waals surface area contributed by atoms with Gasteiger partial charge in [0.05, 0.1) is 6.61 Å². The summed E-state index contributed by atoms with van der Waals surface area (Å²) in [6.07, 6.45) is 6.88. The van der Waals surface area contributed by atoms with Gasteiger partial charge in [-0.15, -0.1) is 0 Å². The number of hydrogen-bond acceptors (Lipinski definition) is 5. The maximum atomic E-state index is 9.37. The molecule has 3 heterocycles. The van der Waals surface area contributed by atoms with Crippen LogP contribution >= 0.6 is 11.6 Å². The molecule has 0 amide bonds. The normalized spacial score (nSPS) is 10.8. The van der Waals surface area contributed by atoms with Gasteiger partial charge in [-0.25, -0.2) is 9.97 Å². The summed E-state index contributed by atoms with van der Waals surface area (Å²) in [4.78, 5) is 14.5. The summed E-state index contributed by atoms with van der Waals surface area (Å²) in [5.74, 6) is 0.756. The molecule has 106 valence electrons. The van der Waals surface area contributed by atoms with Crippen molar-refractivity contribution in [3.05, 3.63) is 54.2 Å². The van der Waals surface area contributed by atoms with Gasteiger partial charge in [0.15, 0.2) is 0 Å². The minimum Gasteiger partial charge on any atom is -0.395 e. The van der Waals surface area contributed by atoms with Gasteiger partial charge in [-0.3, -0.25) is 4.98 Å². The average molecular weight is 301 g/mol. The predicted molar refractivity (Wildman–Crippen MR) is 82.9 cm³/mol. The van der Waals surface area contributed by atoms with Crippen molar-refractivity contribution in [3.8, 4) is 0 Å². The highest BCUT2D eigenvalue weighted by Gasteiger charge is 2.14. The Hall–Kier alpha value is -2.24. The highest BCUT2D eigenvalue weighted by atomic mass is 35.5. The molecule has 3 rings (SSSR count). The van der Waals surface area contributed by atoms with E-state index >= 15 is 0 Å². The Kier molecular flexibility index (Phi) is 3.94. The number of fused-ring (bicyclic) bond motifs is 1. The van der Waals surface area contributed by atoms with Gasteiger partial charge >= 0.3 is 0 Å². The molecule has 1 N–H and O–H groups in total. The fourth-order valence-electron chi connectivity index (χ4n) is 2.23. The van der Waals surface area contributed by atoms with Crippen molar-refractivity contribution < 1.29 is 5.11 Å². The van der Waals surface area contributed by atoms with E-state index in [-0.39, 0.29) is 6.61 Å². The van der Waals surface area contributed by atoms with E-state index in [1.165, 1.54) is 0 Å². The lowest BCUT2D eigenvalue weighted by Crippen LogP contribution is -2.22. The first kappa shape index (κ1) is 13.7. The van der Waals surface area contributed by atoms with Gasteiger partial charge in [0.1, 0.15) is 11.0 Å². The molecule has 0 unspecified atom stereocenters. The van der Waals surface area contributed by atoms with Crippen LogP contribution < -0.4 is 4.90 Å². The molecule has 6 heteroatoms. The molecule has 0 aliphatic carbocycles. The van der Waals surface area contributed by atoms with Crippen LogP contribution in [0.15, 0.2) is 49.1 Å². The van der Waals surface area contributed by atoms with Gasteiger partial charge in [0.25, 0.3) is 0 Å². The number of anilines is 2. The smallest absolute Gasteiger partial charge is 0.141 e. The number of halogens is 1. The van der Waals surface area contributed by atoms with Crippen LogP contribution in [0.2, 0.25) is 5.15 Å². The van der Waals surface area contributed by atoms with E-state index < -0.39 is 0 Å². The second kappa shape index (κ2) is 6.03. The van der Waals surface area contributed by atoms with E-state index in [1.54, 1.807) is 30.9 Å². The van der Waals surface area contributed by atoms with Crippen molar-refractivity contribution in [2.24, 2.45) is 0 Å². The summed E-state index contributed by atoms with van der Waals surface area (Å²) < 4.78 is 0. The van der Waals surface area contributed by atoms with E-state index in [0.717, 1.165) is 22.3 Å². The molecule has 5 nitrogen and oxygen atoms in total. The lowest BCUT2D eigenvalue weighted by Gasteiger charge is -2.24. The number of aliphatic hydroxyl groups is 1. The minimum atomic E-state index is 0.00307. The molecule has 0 aliphatic heterocycles. The molecule has 0 spiro atoms. The Morgan fingerprint density at radius 3 is 2.76 bits per heavy atom. The molecule has 0 aliphatic rings. The van der Waals surface area contributed by atoms with Crippen molar-refractivity contribution >= 4 is 33.9 Å². The van der Waals surface area contributed by atoms with Gasteiger partial charge in [-0.2, -0.15) is 0 Å². The summed E-state index contributed by atoms with van der Waals surface area (Å²) in [5.41, 5.74) is 0.834. The fourth-order valence-corrected chi connectivity index (χ4v) is 2.40. The first-order chi connectivity index (χ1) is 10.3. The SMILES string of the molecule is OCCN(c1ccnc(Cl)c1)c1nccc2cnccc12. The van der Waals surface area contributed by atoms with Crippen molar-refractivity contribution in [1.82, 2.24) is 15.0 Å². The van der Waals surface area contributed by atoms with Crippen LogP contribution in [0.4, 0.5) is 11.5 Å². The zero-order chi connectivity index (χ0) is 14.7. The van der Waals surface area contributed by atoms with Crippen molar-refractivity contribution in [3.63, 3.8) is 0 Å². The average Bonchev–Trinajstić information content (AvgIpc) is 2.52. The van der Waals surface area contributed by atoms with Crippen LogP contribution in [-0.4, -0.2) is 33.2 Å². The van der Waals surface area contributed by atoms with Crippen LogP contribution in [0.3, 0.4) is 0 Å². The molecule has 21 heavy (non-hydrogen) atoms. The molecule has 0 bridgehead atoms. The third-order valence-electron chi connectivity index (χ3n) is 3.14. The molecule has 0 saturated carbocycles. The number of hydrogen-bond donors (Lipinski definition) is 1. The lowest BCUT2D eigenvalue weighted by molar-refractivity contribution is 0.305. The zero-order valence-corrected chi connectivity index (χ0v) is 11.9. The molecule has 0 radical (unpaired) electrons. The van der Waals surface area contributed by atoms with E-state index in [9.17, 15) is 5.11 Å². The largest absolute Gasteiger partial charge is 0.395 e. The van der Waals surface area contributed by atoms with Crippen molar-refractivity contribution in [2.45, 2.75) is 0 Å². The Bertz CT molecular complexity index is 760. The van der Waals surface area contributed by atoms with Gasteiger partial charge < -0.3 is 10.0 Å². The third-order valence-corrected chi connectivity index (χ3v) is 3.35. The number of aromatic nitrogens is 3. The first-order valence-electron chi connectivity index (χ1n) is 6.48. The Balaban J connectivity index is 2.16. The summed E-state index contributed by atoms with van der Waals surface area (Å²) in [7, 11) is 0.